The molecule has 102 valence electrons. The van der Waals surface area contributed by atoms with Gasteiger partial charge in [0.15, 0.2) is 0 Å². The minimum atomic E-state index is 0.918. The summed E-state index contributed by atoms with van der Waals surface area (Å²) in [6.45, 7) is 0. The minimum absolute atomic E-state index is 0.918. The molecule has 1 aromatic carbocycles. The lowest BCUT2D eigenvalue weighted by Gasteiger charge is -2.16. The van der Waals surface area contributed by atoms with Crippen molar-refractivity contribution in [2.45, 2.75) is 23.0 Å². The molecule has 0 N–H and O–H groups in total. The molecule has 0 fully saturated rings. The van der Waals surface area contributed by atoms with Crippen LogP contribution in [0.3, 0.4) is 0 Å². The standard InChI is InChI=1S/C10H14S8/c11-15-3-7-1-2-8(4-16-12)10(6-18-14)9(7)5-17-13/h1-2,11-14H,3-6H2. The van der Waals surface area contributed by atoms with Crippen LogP contribution in [0.2, 0.25) is 0 Å². The second kappa shape index (κ2) is 10.7. The van der Waals surface area contributed by atoms with Crippen LogP contribution in [0.1, 0.15) is 22.3 Å². The highest BCUT2D eigenvalue weighted by atomic mass is 33.1. The molecule has 0 atom stereocenters. The topological polar surface area (TPSA) is 0 Å². The highest BCUT2D eigenvalue weighted by molar-refractivity contribution is 8.69. The molecule has 0 aromatic heterocycles. The molecule has 1 aromatic rings. The third-order valence-electron chi connectivity index (χ3n) is 2.48. The largest absolute Gasteiger partial charge is 0.111 e. The van der Waals surface area contributed by atoms with Gasteiger partial charge in [-0.25, -0.2) is 0 Å². The van der Waals surface area contributed by atoms with E-state index in [1.165, 1.54) is 22.3 Å². The van der Waals surface area contributed by atoms with E-state index in [4.69, 9.17) is 0 Å². The smallest absolute Gasteiger partial charge is 0.0292 e. The van der Waals surface area contributed by atoms with Crippen molar-refractivity contribution in [3.05, 3.63) is 34.4 Å². The Balaban J connectivity index is 3.19. The average molecular weight is 391 g/mol. The molecular weight excluding hydrogens is 377 g/mol. The molecule has 0 bridgehead atoms. The first-order valence-electron chi connectivity index (χ1n) is 4.96. The zero-order valence-corrected chi connectivity index (χ0v) is 16.2. The molecule has 8 heteroatoms. The van der Waals surface area contributed by atoms with Gasteiger partial charge in [0.25, 0.3) is 0 Å². The van der Waals surface area contributed by atoms with Gasteiger partial charge in [0.1, 0.15) is 0 Å². The van der Waals surface area contributed by atoms with E-state index >= 15 is 0 Å². The minimum Gasteiger partial charge on any atom is -0.111 e. The average Bonchev–Trinajstić information content (AvgIpc) is 2.37. The molecule has 0 heterocycles. The maximum Gasteiger partial charge on any atom is 0.0292 e. The maximum absolute atomic E-state index is 4.29. The van der Waals surface area contributed by atoms with Crippen molar-refractivity contribution in [3.63, 3.8) is 0 Å². The first-order valence-corrected chi connectivity index (χ1v) is 13.1. The van der Waals surface area contributed by atoms with Crippen LogP contribution in [-0.4, -0.2) is 0 Å². The van der Waals surface area contributed by atoms with Crippen molar-refractivity contribution < 1.29 is 0 Å². The number of hydrogen-bond donors (Lipinski definition) is 4. The molecule has 0 aliphatic rings. The summed E-state index contributed by atoms with van der Waals surface area (Å²) in [5.74, 6) is 3.68. The number of benzene rings is 1. The highest BCUT2D eigenvalue weighted by Crippen LogP contribution is 2.33. The van der Waals surface area contributed by atoms with Crippen molar-refractivity contribution in [2.75, 3.05) is 0 Å². The highest BCUT2D eigenvalue weighted by Gasteiger charge is 2.13. The van der Waals surface area contributed by atoms with Crippen molar-refractivity contribution >= 4 is 89.8 Å². The molecule has 18 heavy (non-hydrogen) atoms. The van der Waals surface area contributed by atoms with Gasteiger partial charge in [-0.2, -0.15) is 0 Å². The van der Waals surface area contributed by atoms with E-state index < -0.39 is 0 Å². The van der Waals surface area contributed by atoms with Crippen molar-refractivity contribution in [1.82, 2.24) is 0 Å². The monoisotopic (exact) mass is 390 g/mol. The molecule has 1 rings (SSSR count). The summed E-state index contributed by atoms with van der Waals surface area (Å²) in [5.41, 5.74) is 5.47. The molecular formula is C10H14S8. The zero-order chi connectivity index (χ0) is 13.4. The van der Waals surface area contributed by atoms with Crippen LogP contribution in [0.25, 0.3) is 0 Å². The Labute approximate surface area is 146 Å². The Bertz CT molecular complexity index is 332. The van der Waals surface area contributed by atoms with E-state index in [1.807, 2.05) is 0 Å². The predicted molar refractivity (Wildman–Crippen MR) is 108 cm³/mol. The molecule has 0 spiro atoms. The van der Waals surface area contributed by atoms with Crippen LogP contribution in [0.5, 0.6) is 0 Å². The second-order valence-electron chi connectivity index (χ2n) is 3.43. The summed E-state index contributed by atoms with van der Waals surface area (Å²) < 4.78 is 0. The number of thiol groups is 4. The zero-order valence-electron chi connectivity index (χ0n) is 9.40. The van der Waals surface area contributed by atoms with Crippen LogP contribution >= 0.6 is 89.8 Å². The van der Waals surface area contributed by atoms with Gasteiger partial charge in [0.05, 0.1) is 0 Å². The molecule has 0 unspecified atom stereocenters. The molecule has 0 aliphatic carbocycles. The van der Waals surface area contributed by atoms with Gasteiger partial charge >= 0.3 is 0 Å². The number of hydrogen-bond acceptors (Lipinski definition) is 8. The van der Waals surface area contributed by atoms with Gasteiger partial charge in [0.2, 0.25) is 0 Å². The number of rotatable bonds is 8. The fraction of sp³-hybridized carbons (Fsp3) is 0.400. The normalized spacial score (nSPS) is 10.9. The SMILES string of the molecule is SSCc1ccc(CSS)c(CSS)c1CSS. The van der Waals surface area contributed by atoms with Crippen LogP contribution in [0, 0.1) is 0 Å². The van der Waals surface area contributed by atoms with Crippen molar-refractivity contribution in [3.8, 4) is 0 Å². The summed E-state index contributed by atoms with van der Waals surface area (Å²) in [5, 5.41) is 0. The summed E-state index contributed by atoms with van der Waals surface area (Å²) in [6.07, 6.45) is 0. The molecule has 0 aliphatic heterocycles. The van der Waals surface area contributed by atoms with Gasteiger partial charge in [-0.1, -0.05) is 55.3 Å². The first kappa shape index (κ1) is 18.1. The molecule has 0 radical (unpaired) electrons. The fourth-order valence-electron chi connectivity index (χ4n) is 1.69. The van der Waals surface area contributed by atoms with Crippen LogP contribution in [-0.2, 0) is 23.0 Å². The van der Waals surface area contributed by atoms with Gasteiger partial charge in [-0.15, -0.1) is 46.6 Å². The van der Waals surface area contributed by atoms with Gasteiger partial charge in [-0.3, -0.25) is 0 Å². The third-order valence-corrected chi connectivity index (χ3v) is 5.75. The van der Waals surface area contributed by atoms with E-state index in [0.717, 1.165) is 23.0 Å². The Morgan fingerprint density at radius 3 is 1.22 bits per heavy atom. The van der Waals surface area contributed by atoms with Crippen LogP contribution < -0.4 is 0 Å². The van der Waals surface area contributed by atoms with Crippen LogP contribution in [0.15, 0.2) is 12.1 Å². The lowest BCUT2D eigenvalue weighted by Crippen LogP contribution is -2.01. The molecule has 0 nitrogen and oxygen atoms in total. The van der Waals surface area contributed by atoms with E-state index in [0.29, 0.717) is 0 Å². The lowest BCUT2D eigenvalue weighted by atomic mass is 9.99. The van der Waals surface area contributed by atoms with Gasteiger partial charge < -0.3 is 0 Å². The van der Waals surface area contributed by atoms with E-state index in [-0.39, 0.29) is 0 Å². The van der Waals surface area contributed by atoms with Gasteiger partial charge in [0, 0.05) is 23.0 Å². The Kier molecular flexibility index (Phi) is 10.7. The predicted octanol–water partition coefficient (Wildman–Crippen LogP) is 6.00. The maximum atomic E-state index is 4.29. The third kappa shape index (κ3) is 5.42. The lowest BCUT2D eigenvalue weighted by molar-refractivity contribution is 1.17. The Morgan fingerprint density at radius 2 is 0.944 bits per heavy atom. The summed E-state index contributed by atoms with van der Waals surface area (Å²) in [6, 6.07) is 4.41. The Hall–Kier alpha value is 2.02. The quantitative estimate of drug-likeness (QED) is 0.317. The second-order valence-corrected chi connectivity index (χ2v) is 8.72. The van der Waals surface area contributed by atoms with Crippen LogP contribution in [0.4, 0.5) is 0 Å². The van der Waals surface area contributed by atoms with E-state index in [9.17, 15) is 0 Å². The first-order chi connectivity index (χ1) is 8.78. The molecule has 0 amide bonds. The summed E-state index contributed by atoms with van der Waals surface area (Å²) in [4.78, 5) is 0. The summed E-state index contributed by atoms with van der Waals surface area (Å²) >= 11 is 17.1. The molecule has 0 saturated heterocycles. The summed E-state index contributed by atoms with van der Waals surface area (Å²) in [7, 11) is 6.23. The Morgan fingerprint density at radius 1 is 0.611 bits per heavy atom. The molecule has 0 saturated carbocycles. The fourth-order valence-corrected chi connectivity index (χ4v) is 5.09. The van der Waals surface area contributed by atoms with Gasteiger partial charge in [-0.05, 0) is 22.3 Å². The van der Waals surface area contributed by atoms with E-state index in [1.54, 1.807) is 43.2 Å². The van der Waals surface area contributed by atoms with Crippen molar-refractivity contribution in [2.24, 2.45) is 0 Å². The van der Waals surface area contributed by atoms with E-state index in [2.05, 4.69) is 58.8 Å². The van der Waals surface area contributed by atoms with Crippen molar-refractivity contribution in [1.29, 1.82) is 0 Å².